The van der Waals surface area contributed by atoms with Crippen LogP contribution in [0.5, 0.6) is 5.75 Å². The maximum absolute atomic E-state index is 11.1. The molecule has 25 heavy (non-hydrogen) atoms. The molecule has 0 spiro atoms. The standard InChI is InChI=1S/C22H20O3/c1-16-6-5-9-19(10-16)20-11-18(13-22(23)24)12-21(14-20)25-15-17-7-3-2-4-8-17/h2-12,14H,13,15H2,1H3,(H,23,24). The van der Waals surface area contributed by atoms with Gasteiger partial charge in [-0.05, 0) is 41.3 Å². The number of carbonyl (C=O) groups is 1. The molecular formula is C22H20O3. The van der Waals surface area contributed by atoms with Gasteiger partial charge in [0.05, 0.1) is 6.42 Å². The van der Waals surface area contributed by atoms with Crippen molar-refractivity contribution in [3.05, 3.63) is 89.5 Å². The molecule has 0 saturated carbocycles. The molecule has 126 valence electrons. The van der Waals surface area contributed by atoms with Crippen molar-refractivity contribution in [2.75, 3.05) is 0 Å². The number of benzene rings is 3. The zero-order valence-corrected chi connectivity index (χ0v) is 14.1. The van der Waals surface area contributed by atoms with Crippen LogP contribution in [0.15, 0.2) is 72.8 Å². The van der Waals surface area contributed by atoms with Gasteiger partial charge in [0.15, 0.2) is 0 Å². The predicted octanol–water partition coefficient (Wildman–Crippen LogP) is 4.87. The smallest absolute Gasteiger partial charge is 0.307 e. The number of hydrogen-bond donors (Lipinski definition) is 1. The highest BCUT2D eigenvalue weighted by atomic mass is 16.5. The van der Waals surface area contributed by atoms with E-state index in [4.69, 9.17) is 9.84 Å². The van der Waals surface area contributed by atoms with Gasteiger partial charge >= 0.3 is 5.97 Å². The minimum Gasteiger partial charge on any atom is -0.489 e. The first-order chi connectivity index (χ1) is 12.1. The Morgan fingerprint density at radius 1 is 0.880 bits per heavy atom. The van der Waals surface area contributed by atoms with Crippen molar-refractivity contribution >= 4 is 5.97 Å². The molecule has 1 N–H and O–H groups in total. The highest BCUT2D eigenvalue weighted by Crippen LogP contribution is 2.27. The van der Waals surface area contributed by atoms with E-state index < -0.39 is 5.97 Å². The molecule has 0 fully saturated rings. The molecular weight excluding hydrogens is 312 g/mol. The summed E-state index contributed by atoms with van der Waals surface area (Å²) in [5, 5.41) is 9.13. The van der Waals surface area contributed by atoms with Gasteiger partial charge in [-0.15, -0.1) is 0 Å². The topological polar surface area (TPSA) is 46.5 Å². The van der Waals surface area contributed by atoms with Crippen molar-refractivity contribution in [3.63, 3.8) is 0 Å². The molecule has 0 saturated heterocycles. The zero-order chi connectivity index (χ0) is 17.6. The summed E-state index contributed by atoms with van der Waals surface area (Å²) in [6.07, 6.45) is -0.0264. The Morgan fingerprint density at radius 2 is 1.68 bits per heavy atom. The van der Waals surface area contributed by atoms with Crippen LogP contribution in [0.25, 0.3) is 11.1 Å². The van der Waals surface area contributed by atoms with E-state index >= 15 is 0 Å². The Morgan fingerprint density at radius 3 is 2.40 bits per heavy atom. The van der Waals surface area contributed by atoms with E-state index in [-0.39, 0.29) is 6.42 Å². The predicted molar refractivity (Wildman–Crippen MR) is 98.7 cm³/mol. The van der Waals surface area contributed by atoms with Gasteiger partial charge in [-0.1, -0.05) is 66.2 Å². The molecule has 3 aromatic rings. The lowest BCUT2D eigenvalue weighted by atomic mass is 10.00. The van der Waals surface area contributed by atoms with Gasteiger partial charge in [0, 0.05) is 0 Å². The third-order valence-electron chi connectivity index (χ3n) is 3.92. The van der Waals surface area contributed by atoms with Crippen molar-refractivity contribution in [3.8, 4) is 16.9 Å². The third-order valence-corrected chi connectivity index (χ3v) is 3.92. The van der Waals surface area contributed by atoms with Crippen LogP contribution in [-0.2, 0) is 17.8 Å². The van der Waals surface area contributed by atoms with Gasteiger partial charge in [-0.25, -0.2) is 0 Å². The van der Waals surface area contributed by atoms with Crippen LogP contribution in [0.1, 0.15) is 16.7 Å². The average molecular weight is 332 g/mol. The van der Waals surface area contributed by atoms with Gasteiger partial charge in [0.1, 0.15) is 12.4 Å². The number of ether oxygens (including phenoxy) is 1. The maximum atomic E-state index is 11.1. The zero-order valence-electron chi connectivity index (χ0n) is 14.1. The summed E-state index contributed by atoms with van der Waals surface area (Å²) in [7, 11) is 0. The Bertz CT molecular complexity index is 869. The second-order valence-corrected chi connectivity index (χ2v) is 6.08. The number of aryl methyl sites for hydroxylation is 1. The van der Waals surface area contributed by atoms with E-state index in [1.54, 1.807) is 6.07 Å². The quantitative estimate of drug-likeness (QED) is 0.700. The molecule has 0 aliphatic rings. The summed E-state index contributed by atoms with van der Waals surface area (Å²) in [6, 6.07) is 23.7. The summed E-state index contributed by atoms with van der Waals surface area (Å²) < 4.78 is 5.91. The van der Waals surface area contributed by atoms with Crippen LogP contribution in [0.4, 0.5) is 0 Å². The van der Waals surface area contributed by atoms with E-state index in [1.807, 2.05) is 67.6 Å². The van der Waals surface area contributed by atoms with Gasteiger partial charge in [0.25, 0.3) is 0 Å². The summed E-state index contributed by atoms with van der Waals surface area (Å²) in [6.45, 7) is 2.49. The second kappa shape index (κ2) is 7.67. The molecule has 0 amide bonds. The molecule has 0 aromatic heterocycles. The Balaban J connectivity index is 1.91. The van der Waals surface area contributed by atoms with Gasteiger partial charge in [-0.3, -0.25) is 4.79 Å². The molecule has 3 aromatic carbocycles. The molecule has 3 rings (SSSR count). The Labute approximate surface area is 147 Å². The average Bonchev–Trinajstić information content (AvgIpc) is 2.60. The van der Waals surface area contributed by atoms with Crippen molar-refractivity contribution in [1.29, 1.82) is 0 Å². The van der Waals surface area contributed by atoms with Crippen LogP contribution < -0.4 is 4.74 Å². The molecule has 0 radical (unpaired) electrons. The summed E-state index contributed by atoms with van der Waals surface area (Å²) >= 11 is 0. The highest BCUT2D eigenvalue weighted by Gasteiger charge is 2.08. The minimum atomic E-state index is -0.851. The normalized spacial score (nSPS) is 10.4. The number of aliphatic carboxylic acids is 1. The van der Waals surface area contributed by atoms with E-state index in [2.05, 4.69) is 6.07 Å². The Kier molecular flexibility index (Phi) is 5.14. The van der Waals surface area contributed by atoms with Crippen LogP contribution in [0.3, 0.4) is 0 Å². The third kappa shape index (κ3) is 4.70. The lowest BCUT2D eigenvalue weighted by molar-refractivity contribution is -0.136. The monoisotopic (exact) mass is 332 g/mol. The number of hydrogen-bond acceptors (Lipinski definition) is 2. The SMILES string of the molecule is Cc1cccc(-c2cc(CC(=O)O)cc(OCc3ccccc3)c2)c1. The molecule has 0 aliphatic heterocycles. The largest absolute Gasteiger partial charge is 0.489 e. The molecule has 0 unspecified atom stereocenters. The van der Waals surface area contributed by atoms with E-state index in [9.17, 15) is 4.79 Å². The fraction of sp³-hybridized carbons (Fsp3) is 0.136. The van der Waals surface area contributed by atoms with Crippen molar-refractivity contribution in [2.45, 2.75) is 20.0 Å². The molecule has 0 heterocycles. The number of carboxylic acid groups (broad SMARTS) is 1. The van der Waals surface area contributed by atoms with Gasteiger partial charge in [-0.2, -0.15) is 0 Å². The van der Waals surface area contributed by atoms with Crippen molar-refractivity contribution < 1.29 is 14.6 Å². The fourth-order valence-corrected chi connectivity index (χ4v) is 2.75. The van der Waals surface area contributed by atoms with E-state index in [1.165, 1.54) is 0 Å². The van der Waals surface area contributed by atoms with Crippen LogP contribution >= 0.6 is 0 Å². The summed E-state index contributed by atoms with van der Waals surface area (Å²) in [4.78, 5) is 11.1. The fourth-order valence-electron chi connectivity index (χ4n) is 2.75. The van der Waals surface area contributed by atoms with Crippen LogP contribution in [0.2, 0.25) is 0 Å². The molecule has 3 heteroatoms. The lowest BCUT2D eigenvalue weighted by Gasteiger charge is -2.11. The maximum Gasteiger partial charge on any atom is 0.307 e. The van der Waals surface area contributed by atoms with Crippen molar-refractivity contribution in [1.82, 2.24) is 0 Å². The first-order valence-electron chi connectivity index (χ1n) is 8.20. The van der Waals surface area contributed by atoms with E-state index in [0.29, 0.717) is 12.4 Å². The second-order valence-electron chi connectivity index (χ2n) is 6.08. The highest BCUT2D eigenvalue weighted by molar-refractivity contribution is 5.73. The minimum absolute atomic E-state index is 0.0264. The van der Waals surface area contributed by atoms with Crippen molar-refractivity contribution in [2.24, 2.45) is 0 Å². The Hall–Kier alpha value is -3.07. The first-order valence-corrected chi connectivity index (χ1v) is 8.20. The van der Waals surface area contributed by atoms with E-state index in [0.717, 1.165) is 27.8 Å². The van der Waals surface area contributed by atoms with Crippen LogP contribution in [-0.4, -0.2) is 11.1 Å². The molecule has 0 atom stereocenters. The van der Waals surface area contributed by atoms with Crippen LogP contribution in [0, 0.1) is 6.92 Å². The molecule has 0 aliphatic carbocycles. The van der Waals surface area contributed by atoms with Gasteiger partial charge in [0.2, 0.25) is 0 Å². The number of carboxylic acids is 1. The number of rotatable bonds is 6. The first kappa shape index (κ1) is 16.8. The molecule has 0 bridgehead atoms. The molecule has 3 nitrogen and oxygen atoms in total. The summed E-state index contributed by atoms with van der Waals surface area (Å²) in [5.74, 6) is -0.172. The van der Waals surface area contributed by atoms with Gasteiger partial charge < -0.3 is 9.84 Å². The lowest BCUT2D eigenvalue weighted by Crippen LogP contribution is -2.02. The summed E-state index contributed by atoms with van der Waals surface area (Å²) in [5.41, 5.74) is 4.98.